The van der Waals surface area contributed by atoms with Crippen LogP contribution in [0.2, 0.25) is 0 Å². The fourth-order valence-electron chi connectivity index (χ4n) is 3.78. The van der Waals surface area contributed by atoms with Crippen molar-refractivity contribution in [1.82, 2.24) is 20.4 Å². The maximum atomic E-state index is 12.0. The van der Waals surface area contributed by atoms with Crippen molar-refractivity contribution in [3.05, 3.63) is 54.7 Å². The normalized spacial score (nSPS) is 18.4. The number of benzene rings is 2. The summed E-state index contributed by atoms with van der Waals surface area (Å²) in [6.07, 6.45) is 7.08. The van der Waals surface area contributed by atoms with Crippen LogP contribution in [-0.2, 0) is 4.79 Å². The van der Waals surface area contributed by atoms with E-state index in [1.807, 2.05) is 49.3 Å². The highest BCUT2D eigenvalue weighted by Gasteiger charge is 2.30. The van der Waals surface area contributed by atoms with Crippen LogP contribution in [0, 0.1) is 5.92 Å². The molecule has 0 aliphatic heterocycles. The number of likely N-dealkylation sites (N-methyl/N-ethyl adjacent to an activating group) is 1. The molecule has 3 aromatic rings. The van der Waals surface area contributed by atoms with Gasteiger partial charge >= 0.3 is 0 Å². The number of rotatable bonds is 8. The molecule has 3 N–H and O–H groups in total. The van der Waals surface area contributed by atoms with E-state index in [1.54, 1.807) is 24.4 Å². The maximum absolute atomic E-state index is 12.0. The van der Waals surface area contributed by atoms with E-state index in [0.29, 0.717) is 12.5 Å². The summed E-state index contributed by atoms with van der Waals surface area (Å²) in [6.45, 7) is 1.35. The van der Waals surface area contributed by atoms with E-state index in [-0.39, 0.29) is 17.7 Å². The Bertz CT molecular complexity index is 1070. The molecular formula is C24H28N4O3. The Morgan fingerprint density at radius 1 is 1.26 bits per heavy atom. The largest absolute Gasteiger partial charge is 0.508 e. The predicted octanol–water partition coefficient (Wildman–Crippen LogP) is 3.33. The predicted molar refractivity (Wildman–Crippen MR) is 121 cm³/mol. The number of aromatic amines is 1. The fraction of sp³-hybridized carbons (Fsp3) is 0.333. The quantitative estimate of drug-likeness (QED) is 0.487. The molecule has 7 heteroatoms. The molecule has 0 spiro atoms. The minimum atomic E-state index is -0.0343. The lowest BCUT2D eigenvalue weighted by molar-refractivity contribution is -0.118. The monoisotopic (exact) mass is 420 g/mol. The Morgan fingerprint density at radius 3 is 2.77 bits per heavy atom. The van der Waals surface area contributed by atoms with Gasteiger partial charge in [-0.25, -0.2) is 0 Å². The second kappa shape index (κ2) is 9.22. The van der Waals surface area contributed by atoms with Gasteiger partial charge in [0.1, 0.15) is 11.5 Å². The van der Waals surface area contributed by atoms with Crippen LogP contribution in [0.4, 0.5) is 0 Å². The van der Waals surface area contributed by atoms with Gasteiger partial charge in [0.2, 0.25) is 5.91 Å². The van der Waals surface area contributed by atoms with Crippen molar-refractivity contribution >= 4 is 16.8 Å². The smallest absolute Gasteiger partial charge is 0.243 e. The first kappa shape index (κ1) is 20.9. The fourth-order valence-corrected chi connectivity index (χ4v) is 3.78. The van der Waals surface area contributed by atoms with Crippen molar-refractivity contribution in [1.29, 1.82) is 0 Å². The maximum Gasteiger partial charge on any atom is 0.243 e. The molecule has 0 saturated heterocycles. The number of fused-ring (bicyclic) bond motifs is 1. The minimum absolute atomic E-state index is 0.0343. The first-order valence-corrected chi connectivity index (χ1v) is 10.5. The average molecular weight is 421 g/mol. The lowest BCUT2D eigenvalue weighted by Gasteiger charge is -2.35. The van der Waals surface area contributed by atoms with Gasteiger partial charge in [0.25, 0.3) is 0 Å². The Balaban J connectivity index is 1.34. The second-order valence-corrected chi connectivity index (χ2v) is 8.37. The number of phenols is 1. The summed E-state index contributed by atoms with van der Waals surface area (Å²) in [5.41, 5.74) is 2.90. The van der Waals surface area contributed by atoms with E-state index in [2.05, 4.69) is 15.5 Å². The number of carbonyl (C=O) groups is 1. The highest BCUT2D eigenvalue weighted by Crippen LogP contribution is 2.34. The highest BCUT2D eigenvalue weighted by molar-refractivity contribution is 5.90. The van der Waals surface area contributed by atoms with Gasteiger partial charge in [-0.2, -0.15) is 5.10 Å². The third-order valence-corrected chi connectivity index (χ3v) is 5.52. The van der Waals surface area contributed by atoms with Gasteiger partial charge in [-0.05, 0) is 68.2 Å². The molecule has 0 unspecified atom stereocenters. The summed E-state index contributed by atoms with van der Waals surface area (Å²) in [5, 5.41) is 20.7. The number of aromatic hydroxyl groups is 1. The van der Waals surface area contributed by atoms with Crippen LogP contribution in [0.25, 0.3) is 22.0 Å². The van der Waals surface area contributed by atoms with Gasteiger partial charge in [-0.3, -0.25) is 9.89 Å². The first-order valence-electron chi connectivity index (χ1n) is 10.5. The van der Waals surface area contributed by atoms with Crippen molar-refractivity contribution in [3.8, 4) is 22.6 Å². The van der Waals surface area contributed by atoms with Crippen LogP contribution in [-0.4, -0.2) is 59.4 Å². The van der Waals surface area contributed by atoms with Gasteiger partial charge in [0.15, 0.2) is 0 Å². The number of H-pyrrole nitrogens is 1. The van der Waals surface area contributed by atoms with Crippen LogP contribution in [0.1, 0.15) is 12.8 Å². The minimum Gasteiger partial charge on any atom is -0.508 e. The van der Waals surface area contributed by atoms with Crippen molar-refractivity contribution in [2.75, 3.05) is 27.2 Å². The number of amides is 1. The summed E-state index contributed by atoms with van der Waals surface area (Å²) >= 11 is 0. The van der Waals surface area contributed by atoms with Crippen LogP contribution >= 0.6 is 0 Å². The number of carbonyl (C=O) groups excluding carboxylic acids is 1. The van der Waals surface area contributed by atoms with Gasteiger partial charge in [0, 0.05) is 18.7 Å². The summed E-state index contributed by atoms with van der Waals surface area (Å²) in [5.74, 6) is 1.40. The third-order valence-electron chi connectivity index (χ3n) is 5.52. The molecule has 1 saturated carbocycles. The van der Waals surface area contributed by atoms with Crippen LogP contribution in [0.5, 0.6) is 11.5 Å². The van der Waals surface area contributed by atoms with Gasteiger partial charge in [-0.1, -0.05) is 18.2 Å². The van der Waals surface area contributed by atoms with Crippen LogP contribution in [0.3, 0.4) is 0 Å². The number of phenolic OH excluding ortho intramolecular Hbond substituents is 1. The molecule has 162 valence electrons. The van der Waals surface area contributed by atoms with Gasteiger partial charge in [0.05, 0.1) is 23.7 Å². The van der Waals surface area contributed by atoms with Crippen LogP contribution in [0.15, 0.2) is 54.7 Å². The molecule has 2 aromatic carbocycles. The second-order valence-electron chi connectivity index (χ2n) is 8.37. The number of nitrogens with zero attached hydrogens (tertiary/aromatic N) is 2. The molecule has 0 radical (unpaired) electrons. The van der Waals surface area contributed by atoms with E-state index in [9.17, 15) is 9.90 Å². The molecule has 1 fully saturated rings. The Morgan fingerprint density at radius 2 is 2.03 bits per heavy atom. The molecule has 0 bridgehead atoms. The molecule has 1 aliphatic carbocycles. The molecule has 1 amide bonds. The number of hydrogen-bond acceptors (Lipinski definition) is 5. The van der Waals surface area contributed by atoms with Crippen molar-refractivity contribution in [2.24, 2.45) is 5.92 Å². The van der Waals surface area contributed by atoms with Crippen LogP contribution < -0.4 is 10.1 Å². The number of nitrogens with one attached hydrogen (secondary N) is 2. The molecule has 0 atom stereocenters. The summed E-state index contributed by atoms with van der Waals surface area (Å²) in [7, 11) is 3.94. The van der Waals surface area contributed by atoms with E-state index >= 15 is 0 Å². The first-order chi connectivity index (χ1) is 15.0. The number of ether oxygens (including phenoxy) is 1. The molecule has 7 nitrogen and oxygen atoms in total. The van der Waals surface area contributed by atoms with Crippen molar-refractivity contribution in [2.45, 2.75) is 18.9 Å². The number of aromatic nitrogens is 2. The third kappa shape index (κ3) is 5.24. The van der Waals surface area contributed by atoms with Gasteiger partial charge < -0.3 is 20.1 Å². The molecule has 31 heavy (non-hydrogen) atoms. The zero-order valence-electron chi connectivity index (χ0n) is 17.8. The lowest BCUT2D eigenvalue weighted by Crippen LogP contribution is -2.45. The summed E-state index contributed by atoms with van der Waals surface area (Å²) in [6, 6.07) is 11.4. The average Bonchev–Trinajstić information content (AvgIpc) is 3.18. The molecule has 4 rings (SSSR count). The number of hydrogen-bond donors (Lipinski definition) is 3. The molecule has 1 aromatic heterocycles. The molecular weight excluding hydrogens is 392 g/mol. The summed E-state index contributed by atoms with van der Waals surface area (Å²) in [4.78, 5) is 14.0. The highest BCUT2D eigenvalue weighted by atomic mass is 16.5. The standard InChI is InChI=1S/C24H28N4O3/c1-28(2)9-3-4-24(30)26-19-10-16(11-19)15-31-23-13-18(12-22-21(23)14-25-27-22)17-5-7-20(29)8-6-17/h3-8,12-14,16,19,29H,9-11,15H2,1-2H3,(H,25,27)(H,26,30)/b4-3-. The lowest BCUT2D eigenvalue weighted by atomic mass is 9.81. The Hall–Kier alpha value is -3.32. The Labute approximate surface area is 181 Å². The van der Waals surface area contributed by atoms with Gasteiger partial charge in [-0.15, -0.1) is 0 Å². The zero-order chi connectivity index (χ0) is 21.8. The summed E-state index contributed by atoms with van der Waals surface area (Å²) < 4.78 is 6.17. The van der Waals surface area contributed by atoms with E-state index in [0.717, 1.165) is 47.2 Å². The zero-order valence-corrected chi connectivity index (χ0v) is 17.8. The molecule has 1 heterocycles. The van der Waals surface area contributed by atoms with E-state index in [1.165, 1.54) is 0 Å². The molecule has 1 aliphatic rings. The van der Waals surface area contributed by atoms with Crippen molar-refractivity contribution in [3.63, 3.8) is 0 Å². The SMILES string of the molecule is CN(C)C/C=C\C(=O)NC1CC(COc2cc(-c3ccc(O)cc3)cc3[nH]ncc23)C1. The van der Waals surface area contributed by atoms with E-state index < -0.39 is 0 Å². The topological polar surface area (TPSA) is 90.5 Å². The van der Waals surface area contributed by atoms with E-state index in [4.69, 9.17) is 4.74 Å². The Kier molecular flexibility index (Phi) is 6.23. The van der Waals surface area contributed by atoms with Crippen molar-refractivity contribution < 1.29 is 14.6 Å².